The molecule has 3 N–H and O–H groups in total. The Morgan fingerprint density at radius 1 is 1.12 bits per heavy atom. The number of carboxylic acids is 1. The topological polar surface area (TPSA) is 125 Å². The Hall–Kier alpha value is -4.14. The lowest BCUT2D eigenvalue weighted by Gasteiger charge is -2.27. The summed E-state index contributed by atoms with van der Waals surface area (Å²) in [6.45, 7) is 1.51. The first-order chi connectivity index (χ1) is 16.4. The van der Waals surface area contributed by atoms with Gasteiger partial charge >= 0.3 is 12.1 Å². The van der Waals surface area contributed by atoms with Gasteiger partial charge in [-0.25, -0.2) is 14.6 Å². The summed E-state index contributed by atoms with van der Waals surface area (Å²) >= 11 is 0. The lowest BCUT2D eigenvalue weighted by Crippen LogP contribution is -2.52. The third-order valence-corrected chi connectivity index (χ3v) is 6.20. The van der Waals surface area contributed by atoms with Crippen molar-refractivity contribution >= 4 is 18.0 Å². The molecule has 1 aliphatic rings. The minimum absolute atomic E-state index is 0.103. The van der Waals surface area contributed by atoms with Crippen molar-refractivity contribution in [1.82, 2.24) is 20.2 Å². The number of imidazole rings is 1. The summed E-state index contributed by atoms with van der Waals surface area (Å²) in [4.78, 5) is 45.0. The Balaban J connectivity index is 1.47. The second-order valence-corrected chi connectivity index (χ2v) is 8.27. The summed E-state index contributed by atoms with van der Waals surface area (Å²) in [5.41, 5.74) is 5.01. The zero-order valence-corrected chi connectivity index (χ0v) is 18.9. The molecule has 3 aromatic rings. The van der Waals surface area contributed by atoms with Gasteiger partial charge in [0.15, 0.2) is 0 Å². The van der Waals surface area contributed by atoms with Crippen molar-refractivity contribution in [2.75, 3.05) is 13.7 Å². The van der Waals surface area contributed by atoms with Crippen molar-refractivity contribution in [3.63, 3.8) is 0 Å². The van der Waals surface area contributed by atoms with Gasteiger partial charge in [-0.2, -0.15) is 0 Å². The number of amides is 2. The van der Waals surface area contributed by atoms with Gasteiger partial charge in [0.05, 0.1) is 6.33 Å². The molecule has 0 aliphatic heterocycles. The molecule has 0 unspecified atom stereocenters. The summed E-state index contributed by atoms with van der Waals surface area (Å²) in [7, 11) is 1.39. The Bertz CT molecular complexity index is 1150. The molecule has 2 amide bonds. The lowest BCUT2D eigenvalue weighted by atomic mass is 9.98. The van der Waals surface area contributed by atoms with Gasteiger partial charge in [-0.3, -0.25) is 4.79 Å². The average molecular weight is 463 g/mol. The van der Waals surface area contributed by atoms with E-state index in [1.165, 1.54) is 20.3 Å². The molecule has 1 heterocycles. The molecule has 0 saturated carbocycles. The van der Waals surface area contributed by atoms with Gasteiger partial charge in [-0.05, 0) is 29.2 Å². The van der Waals surface area contributed by atoms with Crippen LogP contribution in [0.5, 0.6) is 0 Å². The van der Waals surface area contributed by atoms with E-state index < -0.39 is 30.1 Å². The number of alkyl carbamates (subject to hydrolysis) is 1. The second kappa shape index (κ2) is 9.78. The smallest absolute Gasteiger partial charge is 0.407 e. The lowest BCUT2D eigenvalue weighted by molar-refractivity contribution is -0.148. The van der Waals surface area contributed by atoms with Crippen LogP contribution in [-0.2, 0) is 20.7 Å². The Morgan fingerprint density at radius 3 is 2.29 bits per heavy atom. The number of aromatic nitrogens is 2. The number of aromatic amines is 1. The maximum atomic E-state index is 13.0. The van der Waals surface area contributed by atoms with E-state index in [0.717, 1.165) is 27.2 Å². The fourth-order valence-electron chi connectivity index (χ4n) is 4.20. The van der Waals surface area contributed by atoms with Gasteiger partial charge in [-0.15, -0.1) is 0 Å². The number of H-pyrrole nitrogens is 1. The number of nitrogens with one attached hydrogen (secondary N) is 2. The number of rotatable bonds is 8. The largest absolute Gasteiger partial charge is 0.480 e. The average Bonchev–Trinajstić information content (AvgIpc) is 3.47. The van der Waals surface area contributed by atoms with Gasteiger partial charge in [0.1, 0.15) is 18.7 Å². The Morgan fingerprint density at radius 2 is 1.74 bits per heavy atom. The van der Waals surface area contributed by atoms with Crippen LogP contribution in [0, 0.1) is 0 Å². The fourth-order valence-corrected chi connectivity index (χ4v) is 4.20. The molecule has 0 fully saturated rings. The first-order valence-corrected chi connectivity index (χ1v) is 10.9. The van der Waals surface area contributed by atoms with E-state index in [0.29, 0.717) is 5.69 Å². The molecule has 0 radical (unpaired) electrons. The minimum Gasteiger partial charge on any atom is -0.480 e. The monoisotopic (exact) mass is 462 g/mol. The minimum atomic E-state index is -1.14. The number of fused-ring (bicyclic) bond motifs is 3. The molecule has 2 aromatic carbocycles. The molecular weight excluding hydrogens is 436 g/mol. The molecular formula is C25H26N4O5. The SMILES string of the molecule is C[C@@H](C(=O)O)N(C)C(=O)[C@@H](Cc1cnc[nH]1)NC(=O)OCC1c2ccccc2-c2ccccc21. The Kier molecular flexibility index (Phi) is 6.62. The first-order valence-electron chi connectivity index (χ1n) is 10.9. The maximum Gasteiger partial charge on any atom is 0.407 e. The van der Waals surface area contributed by atoms with Crippen LogP contribution in [-0.4, -0.2) is 63.7 Å². The molecule has 1 aliphatic carbocycles. The van der Waals surface area contributed by atoms with Gasteiger partial charge in [-0.1, -0.05) is 48.5 Å². The summed E-state index contributed by atoms with van der Waals surface area (Å²) in [5, 5.41) is 11.9. The van der Waals surface area contributed by atoms with Crippen molar-refractivity contribution in [3.8, 4) is 11.1 Å². The number of carbonyl (C=O) groups is 3. The van der Waals surface area contributed by atoms with E-state index in [9.17, 15) is 19.5 Å². The van der Waals surface area contributed by atoms with Gasteiger partial charge in [0.2, 0.25) is 5.91 Å². The predicted molar refractivity (Wildman–Crippen MR) is 124 cm³/mol. The molecule has 34 heavy (non-hydrogen) atoms. The number of benzene rings is 2. The van der Waals surface area contributed by atoms with Crippen molar-refractivity contribution in [3.05, 3.63) is 77.9 Å². The zero-order chi connectivity index (χ0) is 24.2. The van der Waals surface area contributed by atoms with Crippen LogP contribution < -0.4 is 5.32 Å². The van der Waals surface area contributed by atoms with Gasteiger partial charge in [0, 0.05) is 31.3 Å². The van der Waals surface area contributed by atoms with Crippen LogP contribution in [0.4, 0.5) is 4.79 Å². The van der Waals surface area contributed by atoms with Crippen LogP contribution in [0.15, 0.2) is 61.1 Å². The van der Waals surface area contributed by atoms with E-state index in [4.69, 9.17) is 4.74 Å². The molecule has 9 heteroatoms. The van der Waals surface area contributed by atoms with E-state index in [-0.39, 0.29) is 18.9 Å². The van der Waals surface area contributed by atoms with Gasteiger partial charge < -0.3 is 25.0 Å². The number of ether oxygens (including phenoxy) is 1. The molecule has 0 spiro atoms. The highest BCUT2D eigenvalue weighted by molar-refractivity contribution is 5.89. The van der Waals surface area contributed by atoms with E-state index >= 15 is 0 Å². The number of likely N-dealkylation sites (N-methyl/N-ethyl adjacent to an activating group) is 1. The third kappa shape index (κ3) is 4.63. The van der Waals surface area contributed by atoms with Crippen molar-refractivity contribution in [2.45, 2.75) is 31.3 Å². The number of carboxylic acid groups (broad SMARTS) is 1. The van der Waals surface area contributed by atoms with Crippen molar-refractivity contribution in [2.24, 2.45) is 0 Å². The summed E-state index contributed by atoms with van der Waals surface area (Å²) in [6, 6.07) is 13.9. The van der Waals surface area contributed by atoms with E-state index in [1.807, 2.05) is 48.5 Å². The molecule has 176 valence electrons. The molecule has 4 rings (SSSR count). The highest BCUT2D eigenvalue weighted by Crippen LogP contribution is 2.44. The molecule has 0 bridgehead atoms. The predicted octanol–water partition coefficient (Wildman–Crippen LogP) is 2.79. The highest BCUT2D eigenvalue weighted by Gasteiger charge is 2.32. The molecule has 1 aromatic heterocycles. The highest BCUT2D eigenvalue weighted by atomic mass is 16.5. The summed E-state index contributed by atoms with van der Waals surface area (Å²) in [5.74, 6) is -1.80. The summed E-state index contributed by atoms with van der Waals surface area (Å²) in [6.07, 6.45) is 2.37. The van der Waals surface area contributed by atoms with E-state index in [2.05, 4.69) is 15.3 Å². The standard InChI is InChI=1S/C25H26N4O5/c1-15(24(31)32)29(2)23(30)22(11-16-12-26-14-27-16)28-25(33)34-13-21-19-9-5-3-7-17(19)18-8-4-6-10-20(18)21/h3-10,12,14-15,21-22H,11,13H2,1-2H3,(H,26,27)(H,28,33)(H,31,32)/t15-,22+/m0/s1. The van der Waals surface area contributed by atoms with Crippen LogP contribution in [0.3, 0.4) is 0 Å². The molecule has 0 saturated heterocycles. The second-order valence-electron chi connectivity index (χ2n) is 8.27. The number of hydrogen-bond acceptors (Lipinski definition) is 5. The van der Waals surface area contributed by atoms with Crippen molar-refractivity contribution in [1.29, 1.82) is 0 Å². The van der Waals surface area contributed by atoms with Crippen LogP contribution in [0.25, 0.3) is 11.1 Å². The number of nitrogens with zero attached hydrogens (tertiary/aromatic N) is 2. The fraction of sp³-hybridized carbons (Fsp3) is 0.280. The van der Waals surface area contributed by atoms with Crippen molar-refractivity contribution < 1.29 is 24.2 Å². The van der Waals surface area contributed by atoms with Gasteiger partial charge in [0.25, 0.3) is 0 Å². The van der Waals surface area contributed by atoms with Crippen LogP contribution in [0.1, 0.15) is 29.7 Å². The molecule has 2 atom stereocenters. The van der Waals surface area contributed by atoms with Crippen LogP contribution >= 0.6 is 0 Å². The quantitative estimate of drug-likeness (QED) is 0.473. The summed E-state index contributed by atoms with van der Waals surface area (Å²) < 4.78 is 5.56. The third-order valence-electron chi connectivity index (χ3n) is 6.20. The zero-order valence-electron chi connectivity index (χ0n) is 18.9. The maximum absolute atomic E-state index is 13.0. The normalized spacial score (nSPS) is 13.9. The van der Waals surface area contributed by atoms with Crippen LogP contribution in [0.2, 0.25) is 0 Å². The first kappa shape index (κ1) is 23.0. The number of carbonyl (C=O) groups excluding carboxylic acids is 2. The van der Waals surface area contributed by atoms with E-state index in [1.54, 1.807) is 6.20 Å². The number of hydrogen-bond donors (Lipinski definition) is 3. The molecule has 9 nitrogen and oxygen atoms in total. The number of aliphatic carboxylic acids is 1. The Labute approximate surface area is 196 Å².